The van der Waals surface area contributed by atoms with E-state index in [-0.39, 0.29) is 30.0 Å². The van der Waals surface area contributed by atoms with Gasteiger partial charge in [-0.2, -0.15) is 4.31 Å². The second kappa shape index (κ2) is 6.16. The van der Waals surface area contributed by atoms with Crippen molar-refractivity contribution in [1.29, 1.82) is 0 Å². The highest BCUT2D eigenvalue weighted by Gasteiger charge is 2.51. The predicted molar refractivity (Wildman–Crippen MR) is 89.8 cm³/mol. The van der Waals surface area contributed by atoms with Gasteiger partial charge in [-0.3, -0.25) is 9.69 Å². The molecule has 2 fully saturated rings. The Morgan fingerprint density at radius 3 is 2.70 bits per heavy atom. The van der Waals surface area contributed by atoms with E-state index in [4.69, 9.17) is 0 Å². The van der Waals surface area contributed by atoms with Crippen LogP contribution in [0.1, 0.15) is 20.3 Å². The van der Waals surface area contributed by atoms with Crippen LogP contribution in [-0.2, 0) is 14.8 Å². The van der Waals surface area contributed by atoms with E-state index in [1.165, 1.54) is 11.3 Å². The molecule has 0 saturated carbocycles. The van der Waals surface area contributed by atoms with Gasteiger partial charge in [0.1, 0.15) is 4.21 Å². The molecule has 8 heteroatoms. The van der Waals surface area contributed by atoms with E-state index in [0.717, 1.165) is 6.42 Å². The number of hydrogen-bond acceptors (Lipinski definition) is 5. The topological polar surface area (TPSA) is 69.7 Å². The molecule has 2 aliphatic rings. The summed E-state index contributed by atoms with van der Waals surface area (Å²) in [4.78, 5) is 14.3. The lowest BCUT2D eigenvalue weighted by atomic mass is 10.0. The maximum Gasteiger partial charge on any atom is 0.252 e. The molecular formula is C15H23N3O3S2. The average molecular weight is 358 g/mol. The summed E-state index contributed by atoms with van der Waals surface area (Å²) in [6.07, 6.45) is 0.721. The highest BCUT2D eigenvalue weighted by atomic mass is 32.2. The van der Waals surface area contributed by atoms with Gasteiger partial charge in [-0.1, -0.05) is 6.07 Å². The van der Waals surface area contributed by atoms with Crippen molar-refractivity contribution in [3.05, 3.63) is 17.5 Å². The number of likely N-dealkylation sites (N-methyl/N-ethyl adjacent to an activating group) is 1. The molecule has 1 amide bonds. The Labute approximate surface area is 141 Å². The minimum absolute atomic E-state index is 0.0285. The molecule has 0 radical (unpaired) electrons. The van der Waals surface area contributed by atoms with Gasteiger partial charge in [0, 0.05) is 32.2 Å². The van der Waals surface area contributed by atoms with Crippen molar-refractivity contribution in [2.75, 3.05) is 20.1 Å². The lowest BCUT2D eigenvalue weighted by Crippen LogP contribution is -2.50. The van der Waals surface area contributed by atoms with Gasteiger partial charge >= 0.3 is 0 Å². The number of hydrogen-bond donors (Lipinski definition) is 1. The largest absolute Gasteiger partial charge is 0.358 e. The van der Waals surface area contributed by atoms with Crippen LogP contribution in [-0.4, -0.2) is 61.8 Å². The van der Waals surface area contributed by atoms with E-state index >= 15 is 0 Å². The number of carbonyl (C=O) groups is 1. The maximum atomic E-state index is 12.7. The number of nitrogens with zero attached hydrogens (tertiary/aromatic N) is 2. The molecule has 3 rings (SSSR count). The van der Waals surface area contributed by atoms with Crippen molar-refractivity contribution in [3.8, 4) is 0 Å². The molecule has 0 bridgehead atoms. The number of fused-ring (bicyclic) bond motifs is 1. The van der Waals surface area contributed by atoms with Gasteiger partial charge in [0.2, 0.25) is 5.91 Å². The van der Waals surface area contributed by atoms with Gasteiger partial charge in [-0.25, -0.2) is 8.42 Å². The van der Waals surface area contributed by atoms with Crippen molar-refractivity contribution in [1.82, 2.24) is 14.5 Å². The number of sulfonamides is 1. The first kappa shape index (κ1) is 16.9. The van der Waals surface area contributed by atoms with Crippen LogP contribution in [0, 0.1) is 5.92 Å². The van der Waals surface area contributed by atoms with Gasteiger partial charge in [0.25, 0.3) is 10.0 Å². The van der Waals surface area contributed by atoms with Gasteiger partial charge < -0.3 is 5.32 Å². The molecular weight excluding hydrogens is 334 g/mol. The zero-order valence-electron chi connectivity index (χ0n) is 13.6. The molecule has 128 valence electrons. The van der Waals surface area contributed by atoms with E-state index in [0.29, 0.717) is 17.3 Å². The first-order valence-electron chi connectivity index (χ1n) is 7.89. The van der Waals surface area contributed by atoms with Crippen LogP contribution in [0.5, 0.6) is 0 Å². The lowest BCUT2D eigenvalue weighted by molar-refractivity contribution is -0.126. The zero-order chi connectivity index (χ0) is 16.8. The van der Waals surface area contributed by atoms with E-state index in [2.05, 4.69) is 24.1 Å². The zero-order valence-corrected chi connectivity index (χ0v) is 15.2. The minimum Gasteiger partial charge on any atom is -0.358 e. The van der Waals surface area contributed by atoms with Gasteiger partial charge in [0.05, 0.1) is 6.04 Å². The molecule has 0 aliphatic carbocycles. The second-order valence-electron chi connectivity index (χ2n) is 6.49. The molecule has 1 aromatic heterocycles. The number of thiophene rings is 1. The smallest absolute Gasteiger partial charge is 0.252 e. The lowest BCUT2D eigenvalue weighted by Gasteiger charge is -2.32. The van der Waals surface area contributed by atoms with Crippen LogP contribution in [0.25, 0.3) is 0 Å². The molecule has 3 heterocycles. The van der Waals surface area contributed by atoms with Crippen molar-refractivity contribution in [3.63, 3.8) is 0 Å². The third kappa shape index (κ3) is 2.82. The Morgan fingerprint density at radius 2 is 2.13 bits per heavy atom. The third-order valence-electron chi connectivity index (χ3n) is 4.88. The van der Waals surface area contributed by atoms with Gasteiger partial charge in [-0.15, -0.1) is 11.3 Å². The summed E-state index contributed by atoms with van der Waals surface area (Å²) in [6, 6.07) is 3.59. The molecule has 0 spiro atoms. The Kier molecular flexibility index (Phi) is 4.52. The van der Waals surface area contributed by atoms with Crippen LogP contribution < -0.4 is 5.32 Å². The monoisotopic (exact) mass is 357 g/mol. The summed E-state index contributed by atoms with van der Waals surface area (Å²) in [5.74, 6) is 0.246. The number of rotatable bonds is 4. The molecule has 1 aromatic rings. The highest BCUT2D eigenvalue weighted by Crippen LogP contribution is 2.39. The molecule has 2 aliphatic heterocycles. The molecule has 1 N–H and O–H groups in total. The van der Waals surface area contributed by atoms with Crippen LogP contribution in [0.3, 0.4) is 0 Å². The van der Waals surface area contributed by atoms with Crippen LogP contribution in [0.4, 0.5) is 0 Å². The Balaban J connectivity index is 1.82. The van der Waals surface area contributed by atoms with Crippen molar-refractivity contribution < 1.29 is 13.2 Å². The third-order valence-corrected chi connectivity index (χ3v) is 8.08. The first-order valence-corrected chi connectivity index (χ1v) is 10.2. The Bertz CT molecular complexity index is 672. The average Bonchev–Trinajstić information content (AvgIpc) is 3.20. The summed E-state index contributed by atoms with van der Waals surface area (Å²) in [6.45, 7) is 5.10. The standard InChI is InChI=1S/C15H23N3O3S2/c1-10(2)18-12(15(19)16-3)7-11-8-17(9-13(11)18)23(20,21)14-5-4-6-22-14/h4-6,10-13H,7-9H2,1-3H3,(H,16,19)/t11-,12-,13+/m1/s1. The predicted octanol–water partition coefficient (Wildman–Crippen LogP) is 0.966. The van der Waals surface area contributed by atoms with Crippen LogP contribution in [0.2, 0.25) is 0 Å². The fraction of sp³-hybridized carbons (Fsp3) is 0.667. The first-order chi connectivity index (χ1) is 10.9. The van der Waals surface area contributed by atoms with Gasteiger partial charge in [0.15, 0.2) is 0 Å². The number of carbonyl (C=O) groups excluding carboxylic acids is 1. The second-order valence-corrected chi connectivity index (χ2v) is 9.60. The highest BCUT2D eigenvalue weighted by molar-refractivity contribution is 7.91. The minimum atomic E-state index is -3.41. The quantitative estimate of drug-likeness (QED) is 0.872. The molecule has 6 nitrogen and oxygen atoms in total. The molecule has 23 heavy (non-hydrogen) atoms. The fourth-order valence-electron chi connectivity index (χ4n) is 3.91. The normalized spacial score (nSPS) is 29.1. The summed E-state index contributed by atoms with van der Waals surface area (Å²) < 4.78 is 27.4. The molecule has 2 saturated heterocycles. The van der Waals surface area contributed by atoms with E-state index in [9.17, 15) is 13.2 Å². The van der Waals surface area contributed by atoms with E-state index in [1.807, 2.05) is 0 Å². The molecule has 3 atom stereocenters. The van der Waals surface area contributed by atoms with Crippen LogP contribution in [0.15, 0.2) is 21.7 Å². The summed E-state index contributed by atoms with van der Waals surface area (Å²) in [7, 11) is -1.75. The fourth-order valence-corrected chi connectivity index (χ4v) is 6.57. The number of nitrogens with one attached hydrogen (secondary N) is 1. The van der Waals surface area contributed by atoms with Crippen LogP contribution >= 0.6 is 11.3 Å². The maximum absolute atomic E-state index is 12.7. The number of amides is 1. The Hall–Kier alpha value is -0.960. The Morgan fingerprint density at radius 1 is 1.39 bits per heavy atom. The van der Waals surface area contributed by atoms with E-state index in [1.54, 1.807) is 28.9 Å². The van der Waals surface area contributed by atoms with Crippen molar-refractivity contribution in [2.24, 2.45) is 5.92 Å². The van der Waals surface area contributed by atoms with Crippen molar-refractivity contribution in [2.45, 2.75) is 42.6 Å². The summed E-state index contributed by atoms with van der Waals surface area (Å²) in [5, 5.41) is 4.52. The molecule has 0 aromatic carbocycles. The summed E-state index contributed by atoms with van der Waals surface area (Å²) >= 11 is 1.25. The van der Waals surface area contributed by atoms with Gasteiger partial charge in [-0.05, 0) is 37.6 Å². The van der Waals surface area contributed by atoms with Crippen molar-refractivity contribution >= 4 is 27.3 Å². The number of likely N-dealkylation sites (tertiary alicyclic amines) is 1. The SMILES string of the molecule is CNC(=O)[C@H]1C[C@@H]2CN(S(=O)(=O)c3cccs3)C[C@@H]2N1C(C)C. The van der Waals surface area contributed by atoms with E-state index < -0.39 is 10.0 Å². The molecule has 0 unspecified atom stereocenters. The summed E-state index contributed by atoms with van der Waals surface area (Å²) in [5.41, 5.74) is 0.